The van der Waals surface area contributed by atoms with E-state index in [0.717, 1.165) is 11.1 Å². The first-order valence-electron chi connectivity index (χ1n) is 9.54. The molecular weight excluding hydrogens is 382 g/mol. The van der Waals surface area contributed by atoms with Crippen LogP contribution in [0.3, 0.4) is 0 Å². The van der Waals surface area contributed by atoms with Gasteiger partial charge in [-0.15, -0.1) is 0 Å². The lowest BCUT2D eigenvalue weighted by atomic mass is 10.0. The van der Waals surface area contributed by atoms with Gasteiger partial charge in [-0.2, -0.15) is 0 Å². The SMILES string of the molecule is CC(=O)N[C@H](Cc1ccccc1)C(=O)N[C@@H](Cc1cnc2ccccc2n1)C(N)=O. The van der Waals surface area contributed by atoms with E-state index in [1.54, 1.807) is 6.20 Å². The molecule has 0 aliphatic rings. The van der Waals surface area contributed by atoms with Gasteiger partial charge in [0.25, 0.3) is 0 Å². The van der Waals surface area contributed by atoms with E-state index in [2.05, 4.69) is 20.6 Å². The highest BCUT2D eigenvalue weighted by molar-refractivity contribution is 5.91. The van der Waals surface area contributed by atoms with Gasteiger partial charge in [-0.3, -0.25) is 19.4 Å². The van der Waals surface area contributed by atoms with Crippen LogP contribution in [0.4, 0.5) is 0 Å². The molecule has 1 heterocycles. The Kier molecular flexibility index (Phi) is 6.69. The molecule has 0 fully saturated rings. The highest BCUT2D eigenvalue weighted by atomic mass is 16.2. The molecule has 30 heavy (non-hydrogen) atoms. The number of nitrogens with one attached hydrogen (secondary N) is 2. The van der Waals surface area contributed by atoms with Crippen LogP contribution < -0.4 is 16.4 Å². The predicted molar refractivity (Wildman–Crippen MR) is 112 cm³/mol. The molecule has 2 aromatic carbocycles. The summed E-state index contributed by atoms with van der Waals surface area (Å²) < 4.78 is 0. The van der Waals surface area contributed by atoms with Gasteiger partial charge in [0.2, 0.25) is 17.7 Å². The quantitative estimate of drug-likeness (QED) is 0.513. The van der Waals surface area contributed by atoms with Crippen molar-refractivity contribution >= 4 is 28.8 Å². The van der Waals surface area contributed by atoms with Crippen molar-refractivity contribution in [2.45, 2.75) is 31.8 Å². The van der Waals surface area contributed by atoms with Crippen molar-refractivity contribution in [2.24, 2.45) is 5.73 Å². The van der Waals surface area contributed by atoms with E-state index in [-0.39, 0.29) is 18.7 Å². The number of benzene rings is 2. The normalized spacial score (nSPS) is 12.7. The molecule has 0 aliphatic heterocycles. The largest absolute Gasteiger partial charge is 0.368 e. The summed E-state index contributed by atoms with van der Waals surface area (Å²) in [4.78, 5) is 45.2. The molecule has 8 heteroatoms. The van der Waals surface area contributed by atoms with E-state index in [4.69, 9.17) is 5.73 Å². The third-order valence-corrected chi connectivity index (χ3v) is 4.55. The van der Waals surface area contributed by atoms with Crippen LogP contribution in [-0.4, -0.2) is 39.8 Å². The third-order valence-electron chi connectivity index (χ3n) is 4.55. The first-order chi connectivity index (χ1) is 14.4. The number of primary amides is 1. The predicted octanol–water partition coefficient (Wildman–Crippen LogP) is 0.890. The molecule has 3 rings (SSSR count). The standard InChI is InChI=1S/C22H23N5O3/c1-14(28)25-20(11-15-7-3-2-4-8-15)22(30)27-19(21(23)29)12-16-13-24-17-9-5-6-10-18(17)26-16/h2-10,13,19-20H,11-12H2,1H3,(H2,23,29)(H,25,28)(H,27,30)/t19-,20+/m0/s1. The van der Waals surface area contributed by atoms with Crippen LogP contribution in [0, 0.1) is 0 Å². The van der Waals surface area contributed by atoms with Crippen LogP contribution in [0.1, 0.15) is 18.2 Å². The molecule has 154 valence electrons. The fourth-order valence-corrected chi connectivity index (χ4v) is 3.10. The molecular formula is C22H23N5O3. The number of nitrogens with zero attached hydrogens (tertiary/aromatic N) is 2. The number of carbonyl (C=O) groups excluding carboxylic acids is 3. The fraction of sp³-hybridized carbons (Fsp3) is 0.227. The van der Waals surface area contributed by atoms with E-state index in [1.165, 1.54) is 6.92 Å². The number of carbonyl (C=O) groups is 3. The monoisotopic (exact) mass is 405 g/mol. The van der Waals surface area contributed by atoms with Crippen LogP contribution in [0.2, 0.25) is 0 Å². The van der Waals surface area contributed by atoms with Gasteiger partial charge in [-0.05, 0) is 17.7 Å². The number of amides is 3. The molecule has 3 aromatic rings. The second kappa shape index (κ2) is 9.60. The minimum absolute atomic E-state index is 0.0943. The first kappa shape index (κ1) is 20.9. The van der Waals surface area contributed by atoms with Crippen LogP contribution in [0.5, 0.6) is 0 Å². The number of aromatic nitrogens is 2. The van der Waals surface area contributed by atoms with E-state index in [0.29, 0.717) is 11.2 Å². The van der Waals surface area contributed by atoms with Crippen LogP contribution >= 0.6 is 0 Å². The Hall–Kier alpha value is -3.81. The molecule has 4 N–H and O–H groups in total. The van der Waals surface area contributed by atoms with Crippen LogP contribution in [0.25, 0.3) is 11.0 Å². The smallest absolute Gasteiger partial charge is 0.243 e. The van der Waals surface area contributed by atoms with E-state index < -0.39 is 23.9 Å². The zero-order valence-corrected chi connectivity index (χ0v) is 16.5. The van der Waals surface area contributed by atoms with Crippen LogP contribution in [0.15, 0.2) is 60.8 Å². The molecule has 1 aromatic heterocycles. The minimum atomic E-state index is -0.986. The summed E-state index contributed by atoms with van der Waals surface area (Å²) in [7, 11) is 0. The highest BCUT2D eigenvalue weighted by Crippen LogP contribution is 2.10. The Morgan fingerprint density at radius 3 is 2.23 bits per heavy atom. The van der Waals surface area contributed by atoms with Gasteiger partial charge in [0.15, 0.2) is 0 Å². The van der Waals surface area contributed by atoms with Gasteiger partial charge >= 0.3 is 0 Å². The van der Waals surface area contributed by atoms with Gasteiger partial charge < -0.3 is 16.4 Å². The number of nitrogens with two attached hydrogens (primary N) is 1. The molecule has 0 aliphatic carbocycles. The van der Waals surface area contributed by atoms with Crippen molar-refractivity contribution in [1.29, 1.82) is 0 Å². The van der Waals surface area contributed by atoms with Gasteiger partial charge in [-0.1, -0.05) is 42.5 Å². The van der Waals surface area contributed by atoms with E-state index in [9.17, 15) is 14.4 Å². The summed E-state index contributed by atoms with van der Waals surface area (Å²) in [6.45, 7) is 1.33. The van der Waals surface area contributed by atoms with Crippen molar-refractivity contribution in [2.75, 3.05) is 0 Å². The third kappa shape index (κ3) is 5.60. The Bertz CT molecular complexity index is 1050. The molecule has 0 radical (unpaired) electrons. The average Bonchev–Trinajstić information content (AvgIpc) is 2.73. The van der Waals surface area contributed by atoms with Gasteiger partial charge in [0, 0.05) is 26.0 Å². The Labute approximate surface area is 173 Å². The molecule has 8 nitrogen and oxygen atoms in total. The lowest BCUT2D eigenvalue weighted by Crippen LogP contribution is -2.54. The second-order valence-corrected chi connectivity index (χ2v) is 6.96. The highest BCUT2D eigenvalue weighted by Gasteiger charge is 2.26. The molecule has 0 bridgehead atoms. The lowest BCUT2D eigenvalue weighted by molar-refractivity contribution is -0.130. The van der Waals surface area contributed by atoms with Crippen molar-refractivity contribution in [1.82, 2.24) is 20.6 Å². The molecule has 3 amide bonds. The van der Waals surface area contributed by atoms with E-state index in [1.807, 2.05) is 54.6 Å². The number of fused-ring (bicyclic) bond motifs is 1. The second-order valence-electron chi connectivity index (χ2n) is 6.96. The minimum Gasteiger partial charge on any atom is -0.368 e. The number of rotatable bonds is 8. The summed E-state index contributed by atoms with van der Waals surface area (Å²) in [5.74, 6) is -1.53. The number of para-hydroxylation sites is 2. The van der Waals surface area contributed by atoms with E-state index >= 15 is 0 Å². The summed E-state index contributed by atoms with van der Waals surface area (Å²) in [5, 5.41) is 5.27. The number of hydrogen-bond donors (Lipinski definition) is 3. The first-order valence-corrected chi connectivity index (χ1v) is 9.54. The average molecular weight is 405 g/mol. The maximum absolute atomic E-state index is 12.8. The Balaban J connectivity index is 1.74. The van der Waals surface area contributed by atoms with Crippen molar-refractivity contribution in [3.63, 3.8) is 0 Å². The maximum atomic E-state index is 12.8. The number of hydrogen-bond acceptors (Lipinski definition) is 5. The molecule has 0 saturated heterocycles. The Morgan fingerprint density at radius 2 is 1.57 bits per heavy atom. The van der Waals surface area contributed by atoms with Crippen LogP contribution in [-0.2, 0) is 27.2 Å². The Morgan fingerprint density at radius 1 is 0.900 bits per heavy atom. The van der Waals surface area contributed by atoms with Crippen molar-refractivity contribution < 1.29 is 14.4 Å². The van der Waals surface area contributed by atoms with Crippen molar-refractivity contribution in [3.05, 3.63) is 72.1 Å². The van der Waals surface area contributed by atoms with Gasteiger partial charge in [0.05, 0.1) is 16.7 Å². The van der Waals surface area contributed by atoms with Crippen molar-refractivity contribution in [3.8, 4) is 0 Å². The van der Waals surface area contributed by atoms with Gasteiger partial charge in [-0.25, -0.2) is 4.98 Å². The topological polar surface area (TPSA) is 127 Å². The summed E-state index contributed by atoms with van der Waals surface area (Å²) in [5.41, 5.74) is 8.33. The summed E-state index contributed by atoms with van der Waals surface area (Å²) >= 11 is 0. The molecule has 2 atom stereocenters. The summed E-state index contributed by atoms with van der Waals surface area (Å²) in [6, 6.07) is 14.8. The van der Waals surface area contributed by atoms with Gasteiger partial charge in [0.1, 0.15) is 12.1 Å². The fourth-order valence-electron chi connectivity index (χ4n) is 3.10. The molecule has 0 unspecified atom stereocenters. The summed E-state index contributed by atoms with van der Waals surface area (Å²) in [6.07, 6.45) is 1.93. The molecule has 0 spiro atoms. The molecule has 0 saturated carbocycles. The zero-order valence-electron chi connectivity index (χ0n) is 16.5. The maximum Gasteiger partial charge on any atom is 0.243 e. The lowest BCUT2D eigenvalue weighted by Gasteiger charge is -2.21. The zero-order chi connectivity index (χ0) is 21.5.